The number of rotatable bonds is 4. The summed E-state index contributed by atoms with van der Waals surface area (Å²) in [6.07, 6.45) is 10.4. The summed E-state index contributed by atoms with van der Waals surface area (Å²) in [6, 6.07) is 8.21. The van der Waals surface area contributed by atoms with E-state index in [4.69, 9.17) is 0 Å². The number of amides is 2. The molecule has 1 unspecified atom stereocenters. The number of hydrogen-bond acceptors (Lipinski definition) is 4. The van der Waals surface area contributed by atoms with Crippen molar-refractivity contribution in [3.63, 3.8) is 0 Å². The minimum atomic E-state index is -0.292. The molecule has 5 rings (SSSR count). The molecule has 0 bridgehead atoms. The van der Waals surface area contributed by atoms with Gasteiger partial charge >= 0.3 is 0 Å². The smallest absolute Gasteiger partial charge is 0.259 e. The predicted octanol–water partition coefficient (Wildman–Crippen LogP) is 4.27. The number of aryl methyl sites for hydroxylation is 2. The van der Waals surface area contributed by atoms with E-state index in [9.17, 15) is 9.59 Å². The van der Waals surface area contributed by atoms with Crippen molar-refractivity contribution in [1.82, 2.24) is 14.8 Å². The molecule has 0 radical (unpaired) electrons. The lowest BCUT2D eigenvalue weighted by molar-refractivity contribution is -0.133. The fourth-order valence-corrected chi connectivity index (χ4v) is 5.78. The summed E-state index contributed by atoms with van der Waals surface area (Å²) in [5.41, 5.74) is 4.66. The summed E-state index contributed by atoms with van der Waals surface area (Å²) in [5.74, 6) is 0.0945. The van der Waals surface area contributed by atoms with Crippen LogP contribution in [-0.2, 0) is 4.79 Å². The summed E-state index contributed by atoms with van der Waals surface area (Å²) in [7, 11) is 0. The van der Waals surface area contributed by atoms with Gasteiger partial charge in [-0.2, -0.15) is 0 Å². The second-order valence-electron chi connectivity index (χ2n) is 9.84. The van der Waals surface area contributed by atoms with E-state index in [1.165, 1.54) is 32.1 Å². The molecule has 174 valence electrons. The Morgan fingerprint density at radius 3 is 2.45 bits per heavy atom. The van der Waals surface area contributed by atoms with E-state index in [0.717, 1.165) is 48.6 Å². The molecule has 2 aromatic rings. The van der Waals surface area contributed by atoms with Crippen LogP contribution < -0.4 is 4.90 Å². The van der Waals surface area contributed by atoms with Gasteiger partial charge < -0.3 is 4.90 Å². The van der Waals surface area contributed by atoms with E-state index >= 15 is 0 Å². The zero-order valence-electron chi connectivity index (χ0n) is 19.8. The van der Waals surface area contributed by atoms with E-state index < -0.39 is 0 Å². The van der Waals surface area contributed by atoms with E-state index in [1.54, 1.807) is 17.3 Å². The third-order valence-electron chi connectivity index (χ3n) is 7.84. The molecule has 33 heavy (non-hydrogen) atoms. The van der Waals surface area contributed by atoms with Crippen LogP contribution >= 0.6 is 0 Å². The van der Waals surface area contributed by atoms with Crippen molar-refractivity contribution in [2.75, 3.05) is 31.1 Å². The normalized spacial score (nSPS) is 22.0. The van der Waals surface area contributed by atoms with E-state index in [1.807, 2.05) is 30.0 Å². The van der Waals surface area contributed by atoms with E-state index in [-0.39, 0.29) is 17.9 Å². The van der Waals surface area contributed by atoms with Crippen LogP contribution in [0.4, 0.5) is 5.69 Å². The van der Waals surface area contributed by atoms with Gasteiger partial charge in [-0.15, -0.1) is 0 Å². The third-order valence-corrected chi connectivity index (χ3v) is 7.84. The number of pyridine rings is 1. The van der Waals surface area contributed by atoms with Crippen LogP contribution in [-0.4, -0.2) is 58.8 Å². The highest BCUT2D eigenvalue weighted by atomic mass is 16.2. The van der Waals surface area contributed by atoms with Gasteiger partial charge in [0, 0.05) is 44.0 Å². The van der Waals surface area contributed by atoms with Gasteiger partial charge in [0.1, 0.15) is 0 Å². The van der Waals surface area contributed by atoms with Gasteiger partial charge in [-0.3, -0.25) is 24.4 Å². The maximum atomic E-state index is 13.4. The number of fused-ring (bicyclic) bond motifs is 1. The lowest BCUT2D eigenvalue weighted by Crippen LogP contribution is -2.52. The first-order valence-corrected chi connectivity index (χ1v) is 12.4. The fourth-order valence-electron chi connectivity index (χ4n) is 5.78. The Labute approximate surface area is 196 Å². The van der Waals surface area contributed by atoms with Gasteiger partial charge in [0.15, 0.2) is 0 Å². The molecule has 2 fully saturated rings. The Bertz CT molecular complexity index is 1020. The zero-order valence-corrected chi connectivity index (χ0v) is 19.8. The van der Waals surface area contributed by atoms with Gasteiger partial charge in [0.2, 0.25) is 5.91 Å². The molecule has 3 heterocycles. The molecule has 1 aliphatic carbocycles. The van der Waals surface area contributed by atoms with Crippen LogP contribution in [0.3, 0.4) is 0 Å². The maximum absolute atomic E-state index is 13.4. The molecular weight excluding hydrogens is 412 g/mol. The molecule has 1 saturated heterocycles. The monoisotopic (exact) mass is 446 g/mol. The van der Waals surface area contributed by atoms with Crippen molar-refractivity contribution in [1.29, 1.82) is 0 Å². The van der Waals surface area contributed by atoms with Crippen molar-refractivity contribution in [2.24, 2.45) is 0 Å². The number of hydrogen-bond donors (Lipinski definition) is 0. The van der Waals surface area contributed by atoms with Gasteiger partial charge in [-0.1, -0.05) is 25.3 Å². The van der Waals surface area contributed by atoms with Gasteiger partial charge in [0.25, 0.3) is 5.91 Å². The van der Waals surface area contributed by atoms with E-state index in [2.05, 4.69) is 22.9 Å². The first-order chi connectivity index (χ1) is 16.0. The molecule has 1 saturated carbocycles. The summed E-state index contributed by atoms with van der Waals surface area (Å²) in [4.78, 5) is 37.4. The largest absolute Gasteiger partial charge is 0.340 e. The molecule has 0 N–H and O–H groups in total. The Hall–Kier alpha value is -2.73. The van der Waals surface area contributed by atoms with Crippen molar-refractivity contribution in [3.05, 3.63) is 58.9 Å². The molecular formula is C27H34N4O2. The Kier molecular flexibility index (Phi) is 6.19. The average Bonchev–Trinajstić information content (AvgIpc) is 3.11. The number of piperazine rings is 1. The highest BCUT2D eigenvalue weighted by Crippen LogP contribution is 2.40. The lowest BCUT2D eigenvalue weighted by Gasteiger charge is -2.41. The third kappa shape index (κ3) is 4.29. The lowest BCUT2D eigenvalue weighted by atomic mass is 9.93. The van der Waals surface area contributed by atoms with Crippen LogP contribution in [0, 0.1) is 13.8 Å². The van der Waals surface area contributed by atoms with Crippen LogP contribution in [0.2, 0.25) is 0 Å². The van der Waals surface area contributed by atoms with Crippen molar-refractivity contribution >= 4 is 17.5 Å². The van der Waals surface area contributed by atoms with Gasteiger partial charge in [-0.25, -0.2) is 0 Å². The topological polar surface area (TPSA) is 56.8 Å². The zero-order chi connectivity index (χ0) is 22.9. The molecule has 6 heteroatoms. The number of nitrogens with zero attached hydrogens (tertiary/aromatic N) is 4. The number of carbonyl (C=O) groups is 2. The first kappa shape index (κ1) is 22.1. The predicted molar refractivity (Wildman–Crippen MR) is 129 cm³/mol. The summed E-state index contributed by atoms with van der Waals surface area (Å²) >= 11 is 0. The van der Waals surface area contributed by atoms with Crippen molar-refractivity contribution in [3.8, 4) is 0 Å². The molecule has 1 atom stereocenters. The Balaban J connectivity index is 1.34. The minimum absolute atomic E-state index is 0.0407. The number of aromatic nitrogens is 1. The number of anilines is 1. The summed E-state index contributed by atoms with van der Waals surface area (Å²) in [5, 5.41) is 0. The number of benzene rings is 1. The Morgan fingerprint density at radius 1 is 1.03 bits per heavy atom. The maximum Gasteiger partial charge on any atom is 0.259 e. The molecule has 6 nitrogen and oxygen atoms in total. The summed E-state index contributed by atoms with van der Waals surface area (Å²) in [6.45, 7) is 7.57. The van der Waals surface area contributed by atoms with Crippen LogP contribution in [0.5, 0.6) is 0 Å². The quantitative estimate of drug-likeness (QED) is 0.704. The molecule has 3 aliphatic rings. The second kappa shape index (κ2) is 9.26. The molecule has 2 aliphatic heterocycles. The SMILES string of the molecule is Cc1cc2c(cc1C)C(CC(=O)N1CCN(C3CCCCC3)CC1)N(c1cccnc1)C2=O. The molecule has 1 aromatic heterocycles. The molecule has 0 spiro atoms. The van der Waals surface area contributed by atoms with Crippen molar-refractivity contribution < 1.29 is 9.59 Å². The van der Waals surface area contributed by atoms with Crippen LogP contribution in [0.15, 0.2) is 36.7 Å². The molecule has 1 aromatic carbocycles. The van der Waals surface area contributed by atoms with Gasteiger partial charge in [-0.05, 0) is 61.6 Å². The average molecular weight is 447 g/mol. The Morgan fingerprint density at radius 2 is 1.76 bits per heavy atom. The first-order valence-electron chi connectivity index (χ1n) is 12.4. The second-order valence-corrected chi connectivity index (χ2v) is 9.84. The summed E-state index contributed by atoms with van der Waals surface area (Å²) < 4.78 is 0. The fraction of sp³-hybridized carbons (Fsp3) is 0.519. The standard InChI is InChI=1S/C27H34N4O2/c1-19-15-23-24(16-20(19)2)27(33)31(22-9-6-10-28-18-22)25(23)17-26(32)30-13-11-29(12-14-30)21-7-4-3-5-8-21/h6,9-10,15-16,18,21,25H,3-5,7-8,11-14,17H2,1-2H3. The minimum Gasteiger partial charge on any atom is -0.340 e. The molecule has 2 amide bonds. The number of carbonyl (C=O) groups excluding carboxylic acids is 2. The van der Waals surface area contributed by atoms with Gasteiger partial charge in [0.05, 0.1) is 24.3 Å². The highest BCUT2D eigenvalue weighted by molar-refractivity contribution is 6.11. The van der Waals surface area contributed by atoms with Crippen LogP contribution in [0.1, 0.15) is 71.6 Å². The van der Waals surface area contributed by atoms with E-state index in [0.29, 0.717) is 18.0 Å². The van der Waals surface area contributed by atoms with Crippen molar-refractivity contribution in [2.45, 2.75) is 64.5 Å². The van der Waals surface area contributed by atoms with Crippen LogP contribution in [0.25, 0.3) is 0 Å². The highest BCUT2D eigenvalue weighted by Gasteiger charge is 2.40.